The number of carbonyl (C=O) groups is 3. The first-order valence-electron chi connectivity index (χ1n) is 10.2. The molecule has 3 unspecified atom stereocenters. The average molecular weight is 441 g/mol. The quantitative estimate of drug-likeness (QED) is 0.154. The lowest BCUT2D eigenvalue weighted by Gasteiger charge is -2.32. The first-order chi connectivity index (χ1) is 14.1. The molecule has 0 bridgehead atoms. The second kappa shape index (κ2) is 14.7. The third-order valence-corrected chi connectivity index (χ3v) is 9.37. The Hall–Kier alpha value is -2.19. The normalized spacial score (nSPS) is 15.6. The van der Waals surface area contributed by atoms with Crippen molar-refractivity contribution in [3.05, 3.63) is 38.0 Å². The van der Waals surface area contributed by atoms with Crippen molar-refractivity contribution in [2.75, 3.05) is 7.11 Å². The molecule has 30 heavy (non-hydrogen) atoms. The van der Waals surface area contributed by atoms with Crippen LogP contribution in [-0.4, -0.2) is 51.6 Å². The Morgan fingerprint density at radius 3 is 1.17 bits per heavy atom. The molecule has 0 aliphatic rings. The largest absolute Gasteiger partial charge is 0.460 e. The van der Waals surface area contributed by atoms with Gasteiger partial charge in [0.05, 0.1) is 18.3 Å². The van der Waals surface area contributed by atoms with Crippen molar-refractivity contribution in [2.24, 2.45) is 0 Å². The van der Waals surface area contributed by atoms with Crippen LogP contribution in [0.15, 0.2) is 38.0 Å². The van der Waals surface area contributed by atoms with E-state index in [-0.39, 0.29) is 18.3 Å². The van der Waals surface area contributed by atoms with E-state index < -0.39 is 26.2 Å². The molecule has 3 atom stereocenters. The summed E-state index contributed by atoms with van der Waals surface area (Å²) < 4.78 is 21.9. The minimum atomic E-state index is -2.29. The molecule has 0 heterocycles. The Morgan fingerprint density at radius 2 is 0.967 bits per heavy atom. The summed E-state index contributed by atoms with van der Waals surface area (Å²) in [6, 6.07) is 2.25. The van der Waals surface area contributed by atoms with E-state index in [0.717, 1.165) is 36.4 Å². The molecular weight excluding hydrogens is 404 g/mol. The van der Waals surface area contributed by atoms with E-state index in [1.54, 1.807) is 7.11 Å². The minimum absolute atomic E-state index is 0.274. The Kier molecular flexibility index (Phi) is 13.7. The molecule has 0 N–H and O–H groups in total. The van der Waals surface area contributed by atoms with Crippen LogP contribution in [0.3, 0.4) is 0 Å². The highest BCUT2D eigenvalue weighted by Gasteiger charge is 2.35. The second-order valence-electron chi connectivity index (χ2n) is 7.36. The van der Waals surface area contributed by atoms with Crippen LogP contribution >= 0.6 is 0 Å². The van der Waals surface area contributed by atoms with E-state index in [9.17, 15) is 14.4 Å². The SMILES string of the molecule is C=CC(=O)OC(C)CC[Si](CCC(C)OC(=O)C=C)(CCC(C)OC(=O)C=C)OC. The van der Waals surface area contributed by atoms with Gasteiger partial charge in [-0.2, -0.15) is 0 Å². The van der Waals surface area contributed by atoms with Crippen molar-refractivity contribution in [3.8, 4) is 0 Å². The fourth-order valence-corrected chi connectivity index (χ4v) is 7.16. The number of carbonyl (C=O) groups excluding carboxylic acids is 3. The monoisotopic (exact) mass is 440 g/mol. The summed E-state index contributed by atoms with van der Waals surface area (Å²) in [5.74, 6) is -1.37. The van der Waals surface area contributed by atoms with Crippen molar-refractivity contribution in [1.29, 1.82) is 0 Å². The molecule has 0 fully saturated rings. The maximum absolute atomic E-state index is 11.4. The van der Waals surface area contributed by atoms with Crippen molar-refractivity contribution in [3.63, 3.8) is 0 Å². The maximum Gasteiger partial charge on any atom is 0.330 e. The van der Waals surface area contributed by atoms with Crippen molar-refractivity contribution >= 4 is 26.2 Å². The van der Waals surface area contributed by atoms with Crippen molar-refractivity contribution in [1.82, 2.24) is 0 Å². The molecule has 0 aliphatic carbocycles. The zero-order chi connectivity index (χ0) is 23.2. The first kappa shape index (κ1) is 27.8. The summed E-state index contributed by atoms with van der Waals surface area (Å²) in [5.41, 5.74) is 0. The Morgan fingerprint density at radius 1 is 0.700 bits per heavy atom. The van der Waals surface area contributed by atoms with Crippen LogP contribution < -0.4 is 0 Å². The molecule has 0 amide bonds. The van der Waals surface area contributed by atoms with Gasteiger partial charge in [0.25, 0.3) is 0 Å². The summed E-state index contributed by atoms with van der Waals surface area (Å²) in [4.78, 5) is 34.3. The topological polar surface area (TPSA) is 88.1 Å². The first-order valence-corrected chi connectivity index (χ1v) is 12.7. The number of rotatable bonds is 16. The molecule has 0 radical (unpaired) electrons. The summed E-state index contributed by atoms with van der Waals surface area (Å²) in [7, 11) is -0.605. The summed E-state index contributed by atoms with van der Waals surface area (Å²) in [6.45, 7) is 15.7. The fourth-order valence-electron chi connectivity index (χ4n) is 3.00. The Balaban J connectivity index is 5.11. The summed E-state index contributed by atoms with van der Waals surface area (Å²) >= 11 is 0. The molecule has 0 aliphatic heterocycles. The number of esters is 3. The van der Waals surface area contributed by atoms with E-state index in [1.165, 1.54) is 0 Å². The van der Waals surface area contributed by atoms with Crippen LogP contribution in [0.25, 0.3) is 0 Å². The molecule has 0 aromatic carbocycles. The number of ether oxygens (including phenoxy) is 3. The maximum atomic E-state index is 11.4. The molecule has 170 valence electrons. The van der Waals surface area contributed by atoms with Gasteiger partial charge in [-0.25, -0.2) is 14.4 Å². The van der Waals surface area contributed by atoms with E-state index >= 15 is 0 Å². The lowest BCUT2D eigenvalue weighted by molar-refractivity contribution is -0.143. The smallest absolute Gasteiger partial charge is 0.330 e. The number of hydrogen-bond donors (Lipinski definition) is 0. The van der Waals surface area contributed by atoms with Gasteiger partial charge in [0.1, 0.15) is 0 Å². The summed E-state index contributed by atoms with van der Waals surface area (Å²) in [5, 5.41) is 0. The van der Waals surface area contributed by atoms with Gasteiger partial charge in [-0.1, -0.05) is 19.7 Å². The highest BCUT2D eigenvalue weighted by Crippen LogP contribution is 2.30. The van der Waals surface area contributed by atoms with Crippen LogP contribution in [0.1, 0.15) is 40.0 Å². The van der Waals surface area contributed by atoms with Crippen LogP contribution in [0, 0.1) is 0 Å². The third kappa shape index (κ3) is 11.7. The Labute approximate surface area is 181 Å². The van der Waals surface area contributed by atoms with E-state index in [4.69, 9.17) is 18.6 Å². The minimum Gasteiger partial charge on any atom is -0.460 e. The zero-order valence-electron chi connectivity index (χ0n) is 18.7. The van der Waals surface area contributed by atoms with Gasteiger partial charge in [0.2, 0.25) is 0 Å². The molecule has 7 nitrogen and oxygen atoms in total. The van der Waals surface area contributed by atoms with E-state index in [1.807, 2.05) is 20.8 Å². The standard InChI is InChI=1S/C22H36O7Si/c1-8-20(23)27-17(4)11-14-30(26-7,15-12-18(5)28-21(24)9-2)16-13-19(6)29-22(25)10-3/h8-10,17-19H,1-3,11-16H2,4-7H3. The van der Waals surface area contributed by atoms with Gasteiger partial charge in [-0.3, -0.25) is 0 Å². The predicted molar refractivity (Wildman–Crippen MR) is 118 cm³/mol. The van der Waals surface area contributed by atoms with Crippen LogP contribution in [-0.2, 0) is 33.0 Å². The predicted octanol–water partition coefficient (Wildman–Crippen LogP) is 4.10. The molecule has 8 heteroatoms. The molecule has 0 rings (SSSR count). The van der Waals surface area contributed by atoms with Gasteiger partial charge in [-0.05, 0) is 58.2 Å². The summed E-state index contributed by atoms with van der Waals surface area (Å²) in [6.07, 6.45) is 4.52. The van der Waals surface area contributed by atoms with Gasteiger partial charge in [-0.15, -0.1) is 0 Å². The molecule has 0 aromatic rings. The molecule has 0 saturated carbocycles. The van der Waals surface area contributed by atoms with E-state index in [0.29, 0.717) is 19.3 Å². The van der Waals surface area contributed by atoms with Gasteiger partial charge >= 0.3 is 17.9 Å². The lowest BCUT2D eigenvalue weighted by Crippen LogP contribution is -2.40. The van der Waals surface area contributed by atoms with Crippen LogP contribution in [0.5, 0.6) is 0 Å². The fraction of sp³-hybridized carbons (Fsp3) is 0.591. The van der Waals surface area contributed by atoms with Gasteiger partial charge < -0.3 is 18.6 Å². The van der Waals surface area contributed by atoms with Crippen molar-refractivity contribution in [2.45, 2.75) is 76.5 Å². The lowest BCUT2D eigenvalue weighted by atomic mass is 10.3. The highest BCUT2D eigenvalue weighted by atomic mass is 28.4. The average Bonchev–Trinajstić information content (AvgIpc) is 2.73. The Bertz CT molecular complexity index is 523. The van der Waals surface area contributed by atoms with Crippen molar-refractivity contribution < 1.29 is 33.0 Å². The molecule has 0 saturated heterocycles. The number of hydrogen-bond acceptors (Lipinski definition) is 7. The van der Waals surface area contributed by atoms with Crippen LogP contribution in [0.4, 0.5) is 0 Å². The highest BCUT2D eigenvalue weighted by molar-refractivity contribution is 6.73. The zero-order valence-corrected chi connectivity index (χ0v) is 19.7. The second-order valence-corrected chi connectivity index (χ2v) is 11.6. The third-order valence-electron chi connectivity index (χ3n) is 4.90. The molecule has 0 spiro atoms. The van der Waals surface area contributed by atoms with E-state index in [2.05, 4.69) is 19.7 Å². The molecule has 0 aromatic heterocycles. The van der Waals surface area contributed by atoms with Gasteiger partial charge in [0, 0.05) is 25.3 Å². The van der Waals surface area contributed by atoms with Crippen LogP contribution in [0.2, 0.25) is 18.1 Å². The molecular formula is C22H36O7Si. The van der Waals surface area contributed by atoms with Gasteiger partial charge in [0.15, 0.2) is 8.32 Å².